The SMILES string of the molecule is CC/C=C\C/C=C\C/C=C\C/C=C\C/C=C\C/C=C\C/C=C\C/C=C\C/C=C\CCCC(=O)OCC(COC(=O)CC/C=C\C/C=C\C/C=C\C/C=C\CC)OC(=O)CCCCCCCCCCCCCCCCCCCCCCCCC. The molecule has 0 aromatic carbocycles. The number of allylic oxidation sites excluding steroid dienone is 26. The predicted octanol–water partition coefficient (Wildman–Crippen LogP) is 23.7. The second-order valence-electron chi connectivity index (χ2n) is 22.0. The lowest BCUT2D eigenvalue weighted by Gasteiger charge is -2.18. The fourth-order valence-electron chi connectivity index (χ4n) is 9.05. The molecule has 1 atom stereocenters. The van der Waals surface area contributed by atoms with Gasteiger partial charge in [0.05, 0.1) is 0 Å². The van der Waals surface area contributed by atoms with E-state index < -0.39 is 6.10 Å². The first kappa shape index (κ1) is 78.0. The van der Waals surface area contributed by atoms with Gasteiger partial charge in [0.25, 0.3) is 0 Å². The number of hydrogen-bond donors (Lipinski definition) is 0. The van der Waals surface area contributed by atoms with Crippen LogP contribution in [0.25, 0.3) is 0 Å². The van der Waals surface area contributed by atoms with Gasteiger partial charge < -0.3 is 14.2 Å². The molecular weight excluding hydrogens is 1020 g/mol. The van der Waals surface area contributed by atoms with Crippen molar-refractivity contribution in [3.8, 4) is 0 Å². The summed E-state index contributed by atoms with van der Waals surface area (Å²) in [5, 5.41) is 0. The first-order valence-corrected chi connectivity index (χ1v) is 34.0. The van der Waals surface area contributed by atoms with Gasteiger partial charge in [0.2, 0.25) is 0 Å². The number of hydrogen-bond acceptors (Lipinski definition) is 6. The smallest absolute Gasteiger partial charge is 0.306 e. The van der Waals surface area contributed by atoms with E-state index >= 15 is 0 Å². The first-order valence-electron chi connectivity index (χ1n) is 34.0. The largest absolute Gasteiger partial charge is 0.462 e. The summed E-state index contributed by atoms with van der Waals surface area (Å²) in [7, 11) is 0. The minimum absolute atomic E-state index is 0.134. The Labute approximate surface area is 511 Å². The van der Waals surface area contributed by atoms with Crippen molar-refractivity contribution in [3.05, 3.63) is 158 Å². The number of carbonyl (C=O) groups is 3. The second-order valence-corrected chi connectivity index (χ2v) is 22.0. The molecule has 0 aliphatic rings. The Morgan fingerprint density at radius 3 is 0.795 bits per heavy atom. The van der Waals surface area contributed by atoms with E-state index in [0.29, 0.717) is 19.3 Å². The Bertz CT molecular complexity index is 1840. The number of ether oxygens (including phenoxy) is 3. The summed E-state index contributed by atoms with van der Waals surface area (Å²) in [5.41, 5.74) is 0. The molecule has 0 aromatic rings. The van der Waals surface area contributed by atoms with E-state index in [9.17, 15) is 14.4 Å². The summed E-state index contributed by atoms with van der Waals surface area (Å²) in [4.78, 5) is 38.3. The van der Waals surface area contributed by atoms with E-state index in [1.165, 1.54) is 128 Å². The Morgan fingerprint density at radius 1 is 0.253 bits per heavy atom. The summed E-state index contributed by atoms with van der Waals surface area (Å²) in [5.74, 6) is -1.07. The molecule has 0 rings (SSSR count). The monoisotopic (exact) mass is 1140 g/mol. The molecule has 0 aliphatic carbocycles. The van der Waals surface area contributed by atoms with Gasteiger partial charge in [0.1, 0.15) is 13.2 Å². The molecule has 0 bridgehead atoms. The molecule has 0 saturated heterocycles. The van der Waals surface area contributed by atoms with Crippen molar-refractivity contribution < 1.29 is 28.6 Å². The van der Waals surface area contributed by atoms with Gasteiger partial charge in [0.15, 0.2) is 6.10 Å². The van der Waals surface area contributed by atoms with Crippen molar-refractivity contribution in [3.63, 3.8) is 0 Å². The Morgan fingerprint density at radius 2 is 0.494 bits per heavy atom. The van der Waals surface area contributed by atoms with E-state index in [1.54, 1.807) is 0 Å². The molecule has 468 valence electrons. The molecule has 6 nitrogen and oxygen atoms in total. The molecular formula is C77H124O6. The third-order valence-corrected chi connectivity index (χ3v) is 14.0. The highest BCUT2D eigenvalue weighted by Gasteiger charge is 2.19. The van der Waals surface area contributed by atoms with Crippen LogP contribution in [-0.4, -0.2) is 37.2 Å². The lowest BCUT2D eigenvalue weighted by molar-refractivity contribution is -0.166. The summed E-state index contributed by atoms with van der Waals surface area (Å²) < 4.78 is 16.8. The van der Waals surface area contributed by atoms with E-state index in [2.05, 4.69) is 167 Å². The highest BCUT2D eigenvalue weighted by atomic mass is 16.6. The van der Waals surface area contributed by atoms with Gasteiger partial charge in [-0.3, -0.25) is 14.4 Å². The van der Waals surface area contributed by atoms with E-state index in [4.69, 9.17) is 14.2 Å². The number of carbonyl (C=O) groups excluding carboxylic acids is 3. The Hall–Kier alpha value is -4.97. The fraction of sp³-hybridized carbons (Fsp3) is 0.623. The maximum Gasteiger partial charge on any atom is 0.306 e. The molecule has 0 heterocycles. The van der Waals surface area contributed by atoms with Crippen molar-refractivity contribution in [2.45, 2.75) is 297 Å². The van der Waals surface area contributed by atoms with Gasteiger partial charge in [-0.15, -0.1) is 0 Å². The summed E-state index contributed by atoms with van der Waals surface area (Å²) in [6.45, 7) is 6.31. The quantitative estimate of drug-likeness (QED) is 0.0261. The van der Waals surface area contributed by atoms with Crippen molar-refractivity contribution in [1.82, 2.24) is 0 Å². The zero-order valence-electron chi connectivity index (χ0n) is 53.7. The van der Waals surface area contributed by atoms with Crippen LogP contribution in [0, 0.1) is 0 Å². The van der Waals surface area contributed by atoms with Crippen LogP contribution < -0.4 is 0 Å². The minimum atomic E-state index is -0.837. The molecule has 0 fully saturated rings. The van der Waals surface area contributed by atoms with Gasteiger partial charge in [-0.05, 0) is 109 Å². The predicted molar refractivity (Wildman–Crippen MR) is 362 cm³/mol. The van der Waals surface area contributed by atoms with Crippen LogP contribution in [-0.2, 0) is 28.6 Å². The van der Waals surface area contributed by atoms with Crippen molar-refractivity contribution >= 4 is 17.9 Å². The lowest BCUT2D eigenvalue weighted by atomic mass is 10.0. The van der Waals surface area contributed by atoms with Gasteiger partial charge in [0, 0.05) is 19.3 Å². The maximum atomic E-state index is 12.9. The third-order valence-electron chi connectivity index (χ3n) is 14.0. The highest BCUT2D eigenvalue weighted by Crippen LogP contribution is 2.17. The standard InChI is InChI=1S/C77H124O6/c1-4-7-10-13-16-19-22-25-27-29-31-33-35-36-37-38-39-40-42-43-45-47-49-52-55-58-61-64-67-70-76(79)82-73-74(72-81-75(78)69-66-63-60-57-54-51-24-21-18-15-12-9-6-3)83-77(80)71-68-65-62-59-56-53-50-48-46-44-41-34-32-30-28-26-23-20-17-14-11-8-5-2/h7,9-10,12,16,18-19,21,25,27,31,33,36-37,39-40,43,45,49,51-52,54,58,60-61,63,74H,4-6,8,11,13-15,17,20,22-24,26,28-30,32,34-35,38,41-42,44,46-48,50,53,55-57,59,62,64-73H2,1-3H3/b10-7-,12-9-,19-16-,21-18-,27-25-,33-31-,37-36-,40-39-,45-43-,52-49-,54-51-,61-58-,63-60-. The van der Waals surface area contributed by atoms with Crippen LogP contribution in [0.1, 0.15) is 290 Å². The van der Waals surface area contributed by atoms with Gasteiger partial charge >= 0.3 is 17.9 Å². The van der Waals surface area contributed by atoms with E-state index in [-0.39, 0.29) is 44.0 Å². The maximum absolute atomic E-state index is 12.9. The average molecular weight is 1150 g/mol. The third kappa shape index (κ3) is 67.7. The fourth-order valence-corrected chi connectivity index (χ4v) is 9.05. The Kier molecular flexibility index (Phi) is 65.4. The molecule has 0 spiro atoms. The van der Waals surface area contributed by atoms with Gasteiger partial charge in [-0.25, -0.2) is 0 Å². The molecule has 0 aromatic heterocycles. The van der Waals surface area contributed by atoms with Crippen LogP contribution >= 0.6 is 0 Å². The molecule has 0 amide bonds. The zero-order valence-corrected chi connectivity index (χ0v) is 53.7. The summed E-state index contributed by atoms with van der Waals surface area (Å²) in [6, 6.07) is 0. The normalized spacial score (nSPS) is 13.1. The van der Waals surface area contributed by atoms with E-state index in [0.717, 1.165) is 109 Å². The number of esters is 3. The number of unbranched alkanes of at least 4 members (excludes halogenated alkanes) is 23. The molecule has 0 radical (unpaired) electrons. The Balaban J connectivity index is 4.45. The minimum Gasteiger partial charge on any atom is -0.462 e. The van der Waals surface area contributed by atoms with Crippen LogP contribution in [0.5, 0.6) is 0 Å². The zero-order chi connectivity index (χ0) is 59.9. The topological polar surface area (TPSA) is 78.9 Å². The number of rotatable bonds is 60. The molecule has 6 heteroatoms. The first-order chi connectivity index (χ1) is 41.0. The molecule has 1 unspecified atom stereocenters. The van der Waals surface area contributed by atoms with Crippen LogP contribution in [0.15, 0.2) is 158 Å². The average Bonchev–Trinajstić information content (AvgIpc) is 3.49. The van der Waals surface area contributed by atoms with Crippen LogP contribution in [0.4, 0.5) is 0 Å². The van der Waals surface area contributed by atoms with Gasteiger partial charge in [-0.1, -0.05) is 320 Å². The lowest BCUT2D eigenvalue weighted by Crippen LogP contribution is -2.30. The summed E-state index contributed by atoms with van der Waals surface area (Å²) in [6.07, 6.45) is 101. The molecule has 0 saturated carbocycles. The molecule has 0 N–H and O–H groups in total. The van der Waals surface area contributed by atoms with Crippen molar-refractivity contribution in [2.24, 2.45) is 0 Å². The molecule has 83 heavy (non-hydrogen) atoms. The second kappa shape index (κ2) is 69.5. The molecule has 0 aliphatic heterocycles. The van der Waals surface area contributed by atoms with Crippen LogP contribution in [0.2, 0.25) is 0 Å². The van der Waals surface area contributed by atoms with E-state index in [1.807, 2.05) is 12.2 Å². The van der Waals surface area contributed by atoms with Gasteiger partial charge in [-0.2, -0.15) is 0 Å². The van der Waals surface area contributed by atoms with Crippen molar-refractivity contribution in [2.75, 3.05) is 13.2 Å². The van der Waals surface area contributed by atoms with Crippen molar-refractivity contribution in [1.29, 1.82) is 0 Å². The highest BCUT2D eigenvalue weighted by molar-refractivity contribution is 5.71. The van der Waals surface area contributed by atoms with Crippen LogP contribution in [0.3, 0.4) is 0 Å². The summed E-state index contributed by atoms with van der Waals surface area (Å²) >= 11 is 0.